The van der Waals surface area contributed by atoms with Gasteiger partial charge in [0.1, 0.15) is 0 Å². The largest absolute Gasteiger partial charge is 0.464 e. The number of nitrogens with zero attached hydrogens (tertiary/aromatic N) is 2. The Morgan fingerprint density at radius 2 is 1.81 bits per heavy atom. The summed E-state index contributed by atoms with van der Waals surface area (Å²) in [5.41, 5.74) is 2.10. The molecule has 0 bridgehead atoms. The van der Waals surface area contributed by atoms with Crippen molar-refractivity contribution in [3.05, 3.63) is 46.7 Å². The number of hydrogen-bond donors (Lipinski definition) is 0. The van der Waals surface area contributed by atoms with Crippen molar-refractivity contribution in [1.82, 2.24) is 4.90 Å². The van der Waals surface area contributed by atoms with Gasteiger partial charge in [-0.05, 0) is 17.7 Å². The Balaban J connectivity index is 1.61. The molecule has 1 saturated heterocycles. The number of benzene rings is 1. The molecule has 0 aromatic heterocycles. The summed E-state index contributed by atoms with van der Waals surface area (Å²) in [7, 11) is 1.34. The highest BCUT2D eigenvalue weighted by Gasteiger charge is 2.37. The monoisotopic (exact) mass is 420 g/mol. The van der Waals surface area contributed by atoms with Gasteiger partial charge in [-0.25, -0.2) is 9.79 Å². The summed E-state index contributed by atoms with van der Waals surface area (Å²) in [4.78, 5) is 43.0. The summed E-state index contributed by atoms with van der Waals surface area (Å²) in [6.45, 7) is 0.0652. The van der Waals surface area contributed by atoms with Crippen LogP contribution in [0.2, 0.25) is 0 Å². The molecule has 27 heavy (non-hydrogen) atoms. The molecule has 0 saturated carbocycles. The van der Waals surface area contributed by atoms with E-state index in [0.29, 0.717) is 27.6 Å². The van der Waals surface area contributed by atoms with Crippen LogP contribution in [0.15, 0.2) is 40.5 Å². The fraction of sp³-hybridized carbons (Fsp3) is 0.333. The average molecular weight is 421 g/mol. The van der Waals surface area contributed by atoms with Crippen LogP contribution in [-0.4, -0.2) is 63.2 Å². The van der Waals surface area contributed by atoms with Gasteiger partial charge in [-0.15, -0.1) is 35.3 Å². The molecule has 3 aliphatic rings. The third kappa shape index (κ3) is 3.43. The number of imide groups is 1. The van der Waals surface area contributed by atoms with Crippen LogP contribution in [0.1, 0.15) is 20.7 Å². The third-order valence-electron chi connectivity index (χ3n) is 4.39. The Bertz CT molecular complexity index is 855. The van der Waals surface area contributed by atoms with Crippen LogP contribution < -0.4 is 0 Å². The van der Waals surface area contributed by atoms with E-state index in [9.17, 15) is 14.4 Å². The molecule has 0 N–H and O–H groups in total. The van der Waals surface area contributed by atoms with Crippen LogP contribution in [0.25, 0.3) is 0 Å². The van der Waals surface area contributed by atoms with Gasteiger partial charge in [0, 0.05) is 17.3 Å². The minimum Gasteiger partial charge on any atom is -0.464 e. The lowest BCUT2D eigenvalue weighted by molar-refractivity contribution is -0.136. The zero-order valence-electron chi connectivity index (χ0n) is 14.5. The first kappa shape index (κ1) is 18.6. The maximum absolute atomic E-state index is 12.6. The summed E-state index contributed by atoms with van der Waals surface area (Å²) >= 11 is 5.08. The van der Waals surface area contributed by atoms with Gasteiger partial charge in [-0.3, -0.25) is 14.5 Å². The minimum atomic E-state index is -0.474. The number of methoxy groups -OCH3 is 1. The Kier molecular flexibility index (Phi) is 5.34. The Morgan fingerprint density at radius 1 is 1.19 bits per heavy atom. The normalized spacial score (nSPS) is 20.2. The second-order valence-electron chi connectivity index (χ2n) is 5.98. The number of amides is 2. The Labute approximate surface area is 169 Å². The van der Waals surface area contributed by atoms with E-state index < -0.39 is 5.97 Å². The Morgan fingerprint density at radius 3 is 2.41 bits per heavy atom. The standard InChI is InChI=1S/C18H16N2O4S3/c1-24-17(23)14-12(18-25-6-7-26-18)9-27-13(19-14)8-20-15(21)10-4-2-3-5-11(10)16(20)22/h2-5,18H,6-9H2,1H3. The highest BCUT2D eigenvalue weighted by Crippen LogP contribution is 2.41. The van der Waals surface area contributed by atoms with E-state index in [0.717, 1.165) is 17.1 Å². The first-order valence-corrected chi connectivity index (χ1v) is 11.4. The molecule has 0 spiro atoms. The molecular formula is C18H16N2O4S3. The highest BCUT2D eigenvalue weighted by molar-refractivity contribution is 8.20. The molecule has 1 aromatic carbocycles. The van der Waals surface area contributed by atoms with Crippen molar-refractivity contribution in [2.24, 2.45) is 4.99 Å². The van der Waals surface area contributed by atoms with Gasteiger partial charge in [0.25, 0.3) is 11.8 Å². The molecular weight excluding hydrogens is 404 g/mol. The molecule has 0 unspecified atom stereocenters. The van der Waals surface area contributed by atoms with E-state index >= 15 is 0 Å². The molecule has 6 nitrogen and oxygen atoms in total. The molecule has 3 aliphatic heterocycles. The van der Waals surface area contributed by atoms with Gasteiger partial charge in [0.15, 0.2) is 5.70 Å². The van der Waals surface area contributed by atoms with E-state index in [2.05, 4.69) is 4.99 Å². The van der Waals surface area contributed by atoms with Crippen LogP contribution in [0, 0.1) is 0 Å². The molecule has 0 atom stereocenters. The summed E-state index contributed by atoms with van der Waals surface area (Å²) in [5.74, 6) is 1.58. The van der Waals surface area contributed by atoms with Crippen LogP contribution in [0.5, 0.6) is 0 Å². The number of fused-ring (bicyclic) bond motifs is 1. The SMILES string of the molecule is COC(=O)C1=C(C2SCCS2)CSC(CN2C(=O)c3ccccc3C2=O)=N1. The second-order valence-corrected chi connectivity index (χ2v) is 9.75. The van der Waals surface area contributed by atoms with Crippen LogP contribution in [0.3, 0.4) is 0 Å². The summed E-state index contributed by atoms with van der Waals surface area (Å²) in [5, 5.41) is 0.571. The number of esters is 1. The second kappa shape index (κ2) is 7.73. The summed E-state index contributed by atoms with van der Waals surface area (Å²) in [6, 6.07) is 6.78. The minimum absolute atomic E-state index is 0.0652. The zero-order chi connectivity index (χ0) is 19.0. The zero-order valence-corrected chi connectivity index (χ0v) is 16.9. The van der Waals surface area contributed by atoms with Crippen LogP contribution >= 0.6 is 35.3 Å². The first-order valence-electron chi connectivity index (χ1n) is 8.30. The van der Waals surface area contributed by atoms with E-state index in [4.69, 9.17) is 4.74 Å². The number of thioether (sulfide) groups is 3. The summed E-state index contributed by atoms with van der Waals surface area (Å²) in [6.07, 6.45) is 0. The van der Waals surface area contributed by atoms with Crippen molar-refractivity contribution in [2.75, 3.05) is 30.9 Å². The lowest BCUT2D eigenvalue weighted by atomic mass is 10.1. The highest BCUT2D eigenvalue weighted by atomic mass is 32.2. The van der Waals surface area contributed by atoms with Gasteiger partial charge in [-0.2, -0.15) is 0 Å². The van der Waals surface area contributed by atoms with Gasteiger partial charge < -0.3 is 4.74 Å². The first-order chi connectivity index (χ1) is 13.1. The lowest BCUT2D eigenvalue weighted by Gasteiger charge is -2.23. The quantitative estimate of drug-likeness (QED) is 0.547. The van der Waals surface area contributed by atoms with Gasteiger partial charge in [0.05, 0.1) is 34.4 Å². The van der Waals surface area contributed by atoms with E-state index in [-0.39, 0.29) is 22.9 Å². The number of rotatable bonds is 4. The Hall–Kier alpha value is -1.71. The average Bonchev–Trinajstić information content (AvgIpc) is 3.31. The number of aliphatic imine (C=N–C) groups is 1. The van der Waals surface area contributed by atoms with Gasteiger partial charge in [-0.1, -0.05) is 12.1 Å². The van der Waals surface area contributed by atoms with Crippen LogP contribution in [0.4, 0.5) is 0 Å². The summed E-state index contributed by atoms with van der Waals surface area (Å²) < 4.78 is 5.12. The molecule has 9 heteroatoms. The molecule has 0 aliphatic carbocycles. The number of ether oxygens (including phenoxy) is 1. The predicted molar refractivity (Wildman–Crippen MR) is 109 cm³/mol. The van der Waals surface area contributed by atoms with Crippen molar-refractivity contribution in [3.8, 4) is 0 Å². The molecule has 4 rings (SSSR count). The predicted octanol–water partition coefficient (Wildman–Crippen LogP) is 2.66. The molecule has 2 amide bonds. The maximum Gasteiger partial charge on any atom is 0.356 e. The van der Waals surface area contributed by atoms with E-state index in [1.165, 1.54) is 23.8 Å². The van der Waals surface area contributed by atoms with Gasteiger partial charge in [0.2, 0.25) is 0 Å². The molecule has 0 radical (unpaired) electrons. The number of carbonyl (C=O) groups excluding carboxylic acids is 3. The number of hydrogen-bond acceptors (Lipinski definition) is 8. The number of carbonyl (C=O) groups is 3. The van der Waals surface area contributed by atoms with Crippen molar-refractivity contribution in [3.63, 3.8) is 0 Å². The lowest BCUT2D eigenvalue weighted by Crippen LogP contribution is -2.35. The van der Waals surface area contributed by atoms with Crippen molar-refractivity contribution in [2.45, 2.75) is 4.58 Å². The van der Waals surface area contributed by atoms with Crippen molar-refractivity contribution < 1.29 is 19.1 Å². The molecule has 140 valence electrons. The molecule has 1 fully saturated rings. The van der Waals surface area contributed by atoms with Crippen molar-refractivity contribution >= 4 is 58.1 Å². The van der Waals surface area contributed by atoms with Crippen molar-refractivity contribution in [1.29, 1.82) is 0 Å². The van der Waals surface area contributed by atoms with E-state index in [1.807, 2.05) is 0 Å². The van der Waals surface area contributed by atoms with Gasteiger partial charge >= 0.3 is 5.97 Å². The topological polar surface area (TPSA) is 76.0 Å². The third-order valence-corrected chi connectivity index (χ3v) is 8.53. The van der Waals surface area contributed by atoms with Crippen LogP contribution in [-0.2, 0) is 9.53 Å². The smallest absolute Gasteiger partial charge is 0.356 e. The maximum atomic E-state index is 12.6. The fourth-order valence-electron chi connectivity index (χ4n) is 3.07. The molecule has 3 heterocycles. The van der Waals surface area contributed by atoms with E-state index in [1.54, 1.807) is 47.8 Å². The molecule has 1 aromatic rings. The fourth-order valence-corrected chi connectivity index (χ4v) is 7.24.